The third kappa shape index (κ3) is 6.41. The van der Waals surface area contributed by atoms with Crippen LogP contribution < -0.4 is 10.5 Å². The Morgan fingerprint density at radius 1 is 1.50 bits per heavy atom. The summed E-state index contributed by atoms with van der Waals surface area (Å²) in [6.45, 7) is 10.0. The van der Waals surface area contributed by atoms with Gasteiger partial charge in [0.1, 0.15) is 33.6 Å². The van der Waals surface area contributed by atoms with Gasteiger partial charge in [-0.1, -0.05) is 6.07 Å². The van der Waals surface area contributed by atoms with Gasteiger partial charge in [-0.15, -0.1) is 0 Å². The molecule has 7 nitrogen and oxygen atoms in total. The predicted molar refractivity (Wildman–Crippen MR) is 108 cm³/mol. The number of likely N-dealkylation sites (tertiary alicyclic amines) is 1. The number of carbonyl (C=O) groups excluding carboxylic acids is 1. The maximum atomic E-state index is 14.5. The number of alkyl halides is 1. The molecule has 0 bridgehead atoms. The number of halogens is 1. The number of aromatic nitrogens is 1. The minimum absolute atomic E-state index is 0.0511. The highest BCUT2D eigenvalue weighted by atomic mass is 32.2. The number of hydrogen-bond acceptors (Lipinski definition) is 5. The first-order chi connectivity index (χ1) is 12.9. The first kappa shape index (κ1) is 22.5. The Balaban J connectivity index is 1.89. The number of nitrogens with one attached hydrogen (secondary N) is 1. The molecule has 1 aromatic rings. The molecule has 0 saturated carbocycles. The Labute approximate surface area is 168 Å². The molecular weight excluding hydrogens is 383 g/mol. The van der Waals surface area contributed by atoms with Crippen molar-refractivity contribution in [3.8, 4) is 0 Å². The number of pyridine rings is 1. The molecule has 158 valence electrons. The molecule has 2 rings (SSSR count). The maximum absolute atomic E-state index is 14.5. The molecule has 0 spiro atoms. The molecule has 9 heteroatoms. The second-order valence-electron chi connectivity index (χ2n) is 8.85. The van der Waals surface area contributed by atoms with Gasteiger partial charge in [-0.25, -0.2) is 23.5 Å². The van der Waals surface area contributed by atoms with Gasteiger partial charge in [0, 0.05) is 18.6 Å². The lowest BCUT2D eigenvalue weighted by atomic mass is 9.93. The van der Waals surface area contributed by atoms with Crippen molar-refractivity contribution in [2.75, 3.05) is 18.4 Å². The zero-order valence-electron chi connectivity index (χ0n) is 17.2. The lowest BCUT2D eigenvalue weighted by molar-refractivity contribution is 0.0130. The monoisotopic (exact) mass is 414 g/mol. The van der Waals surface area contributed by atoms with Crippen molar-refractivity contribution >= 4 is 22.9 Å². The van der Waals surface area contributed by atoms with Crippen molar-refractivity contribution in [1.82, 2.24) is 9.88 Å². The molecule has 1 aliphatic rings. The van der Waals surface area contributed by atoms with Gasteiger partial charge in [0.05, 0.1) is 0 Å². The number of nitrogens with zero attached hydrogens (tertiary/aromatic N) is 2. The first-order valence-corrected chi connectivity index (χ1v) is 10.6. The molecule has 28 heavy (non-hydrogen) atoms. The fourth-order valence-electron chi connectivity index (χ4n) is 3.47. The average molecular weight is 415 g/mol. The Morgan fingerprint density at radius 2 is 2.18 bits per heavy atom. The predicted octanol–water partition coefficient (Wildman–Crippen LogP) is 3.24. The average Bonchev–Trinajstić information content (AvgIpc) is 2.86. The van der Waals surface area contributed by atoms with Crippen LogP contribution in [0.1, 0.15) is 47.5 Å². The summed E-state index contributed by atoms with van der Waals surface area (Å²) in [7, 11) is -1.68. The standard InChI is InChI=1S/C19H31FN4O3S/c1-18(2,3)27-17(25)24-12-13(10-19(24,4)5)9-14(20)11-22-15-7-6-8-16(23-15)28(21)26/h6-8,13-14H,9-12,21H2,1-5H3,(H,22,23). The fraction of sp³-hybridized carbons (Fsp3) is 0.684. The van der Waals surface area contributed by atoms with Crippen LogP contribution in [0.2, 0.25) is 0 Å². The van der Waals surface area contributed by atoms with E-state index < -0.39 is 22.8 Å². The Kier molecular flexibility index (Phi) is 7.03. The van der Waals surface area contributed by atoms with E-state index in [1.807, 2.05) is 34.6 Å². The first-order valence-electron chi connectivity index (χ1n) is 9.39. The normalized spacial score (nSPS) is 21.2. The van der Waals surface area contributed by atoms with Gasteiger partial charge < -0.3 is 15.0 Å². The van der Waals surface area contributed by atoms with Crippen LogP contribution in [-0.4, -0.2) is 50.6 Å². The quantitative estimate of drug-likeness (QED) is 0.745. The summed E-state index contributed by atoms with van der Waals surface area (Å²) in [6.07, 6.45) is -0.414. The van der Waals surface area contributed by atoms with Crippen LogP contribution in [0.25, 0.3) is 0 Å². The molecule has 1 saturated heterocycles. The van der Waals surface area contributed by atoms with Crippen molar-refractivity contribution in [1.29, 1.82) is 0 Å². The summed E-state index contributed by atoms with van der Waals surface area (Å²) in [5.74, 6) is 0.483. The molecule has 2 heterocycles. The van der Waals surface area contributed by atoms with E-state index in [0.717, 1.165) is 0 Å². The summed E-state index contributed by atoms with van der Waals surface area (Å²) in [4.78, 5) is 18.3. The lowest BCUT2D eigenvalue weighted by Gasteiger charge is -2.33. The number of ether oxygens (including phenoxy) is 1. The molecule has 0 aliphatic carbocycles. The fourth-order valence-corrected chi connectivity index (χ4v) is 3.87. The molecule has 1 fully saturated rings. The Hall–Kier alpha value is -1.74. The molecular formula is C19H31FN4O3S. The van der Waals surface area contributed by atoms with E-state index in [2.05, 4.69) is 10.3 Å². The number of rotatable bonds is 6. The molecule has 0 aromatic carbocycles. The maximum Gasteiger partial charge on any atom is 0.410 e. The van der Waals surface area contributed by atoms with Crippen LogP contribution in [0.4, 0.5) is 15.0 Å². The van der Waals surface area contributed by atoms with E-state index in [-0.39, 0.29) is 29.1 Å². The van der Waals surface area contributed by atoms with Gasteiger partial charge in [-0.3, -0.25) is 0 Å². The Morgan fingerprint density at radius 3 is 2.79 bits per heavy atom. The van der Waals surface area contributed by atoms with Gasteiger partial charge in [0.2, 0.25) is 0 Å². The zero-order valence-corrected chi connectivity index (χ0v) is 18.0. The molecule has 0 radical (unpaired) electrons. The number of carbonyl (C=O) groups is 1. The van der Waals surface area contributed by atoms with E-state index >= 15 is 0 Å². The van der Waals surface area contributed by atoms with Gasteiger partial charge in [-0.2, -0.15) is 0 Å². The van der Waals surface area contributed by atoms with Crippen molar-refractivity contribution < 1.29 is 18.1 Å². The molecule has 3 unspecified atom stereocenters. The van der Waals surface area contributed by atoms with Crippen LogP contribution in [0.15, 0.2) is 23.2 Å². The number of anilines is 1. The third-order valence-electron chi connectivity index (χ3n) is 4.60. The largest absolute Gasteiger partial charge is 0.444 e. The lowest BCUT2D eigenvalue weighted by Crippen LogP contribution is -2.45. The van der Waals surface area contributed by atoms with Crippen molar-refractivity contribution in [2.45, 2.75) is 69.8 Å². The number of nitrogens with two attached hydrogens (primary N) is 1. The summed E-state index contributed by atoms with van der Waals surface area (Å²) < 4.78 is 31.3. The number of hydrogen-bond donors (Lipinski definition) is 2. The second kappa shape index (κ2) is 8.73. The summed E-state index contributed by atoms with van der Waals surface area (Å²) in [5, 5.41) is 8.47. The highest BCUT2D eigenvalue weighted by Crippen LogP contribution is 2.36. The van der Waals surface area contributed by atoms with Gasteiger partial charge >= 0.3 is 6.09 Å². The number of amides is 1. The molecule has 1 amide bonds. The van der Waals surface area contributed by atoms with E-state index in [1.165, 1.54) is 0 Å². The molecule has 1 aliphatic heterocycles. The molecule has 3 N–H and O–H groups in total. The van der Waals surface area contributed by atoms with E-state index in [9.17, 15) is 13.4 Å². The SMILES string of the molecule is CC(C)(C)OC(=O)N1CC(CC(F)CNc2cccc(S(N)=O)n2)CC1(C)C. The molecule has 1 aromatic heterocycles. The molecule has 3 atom stereocenters. The van der Waals surface area contributed by atoms with Crippen LogP contribution >= 0.6 is 0 Å². The highest BCUT2D eigenvalue weighted by molar-refractivity contribution is 7.82. The van der Waals surface area contributed by atoms with E-state index in [0.29, 0.717) is 25.2 Å². The van der Waals surface area contributed by atoms with E-state index in [4.69, 9.17) is 9.88 Å². The minimum Gasteiger partial charge on any atom is -0.444 e. The van der Waals surface area contributed by atoms with Gasteiger partial charge in [-0.05, 0) is 65.5 Å². The second-order valence-corrected chi connectivity index (χ2v) is 9.86. The smallest absolute Gasteiger partial charge is 0.410 e. The van der Waals surface area contributed by atoms with E-state index in [1.54, 1.807) is 23.1 Å². The van der Waals surface area contributed by atoms with Crippen molar-refractivity contribution in [2.24, 2.45) is 11.1 Å². The van der Waals surface area contributed by atoms with Crippen molar-refractivity contribution in [3.63, 3.8) is 0 Å². The third-order valence-corrected chi connectivity index (χ3v) is 5.24. The van der Waals surface area contributed by atoms with Crippen LogP contribution in [0.3, 0.4) is 0 Å². The van der Waals surface area contributed by atoms with Crippen LogP contribution in [-0.2, 0) is 15.7 Å². The Bertz CT molecular complexity index is 723. The minimum atomic E-state index is -1.68. The van der Waals surface area contributed by atoms with Gasteiger partial charge in [0.25, 0.3) is 0 Å². The summed E-state index contributed by atoms with van der Waals surface area (Å²) in [6, 6.07) is 4.90. The highest BCUT2D eigenvalue weighted by Gasteiger charge is 2.43. The van der Waals surface area contributed by atoms with Crippen molar-refractivity contribution in [3.05, 3.63) is 18.2 Å². The summed E-state index contributed by atoms with van der Waals surface area (Å²) >= 11 is 0. The summed E-state index contributed by atoms with van der Waals surface area (Å²) in [5.41, 5.74) is -0.937. The van der Waals surface area contributed by atoms with Crippen LogP contribution in [0, 0.1) is 5.92 Å². The van der Waals surface area contributed by atoms with Crippen LogP contribution in [0.5, 0.6) is 0 Å². The topological polar surface area (TPSA) is 97.5 Å². The van der Waals surface area contributed by atoms with Gasteiger partial charge in [0.15, 0.2) is 0 Å². The zero-order chi connectivity index (χ0) is 21.1.